The first-order valence-electron chi connectivity index (χ1n) is 5.43. The Morgan fingerprint density at radius 2 is 1.82 bits per heavy atom. The van der Waals surface area contributed by atoms with Crippen LogP contribution < -0.4 is 10.1 Å². The summed E-state index contributed by atoms with van der Waals surface area (Å²) in [5.41, 5.74) is 1.04. The van der Waals surface area contributed by atoms with Gasteiger partial charge >= 0.3 is 6.18 Å². The fraction of sp³-hybridized carbons (Fsp3) is 0.500. The van der Waals surface area contributed by atoms with Gasteiger partial charge in [0.1, 0.15) is 5.75 Å². The third kappa shape index (κ3) is 4.65. The molecule has 0 aliphatic rings. The van der Waals surface area contributed by atoms with Crippen molar-refractivity contribution in [1.29, 1.82) is 0 Å². The van der Waals surface area contributed by atoms with Gasteiger partial charge in [-0.25, -0.2) is 0 Å². The zero-order chi connectivity index (χ0) is 12.9. The summed E-state index contributed by atoms with van der Waals surface area (Å²) < 4.78 is 40.4. The van der Waals surface area contributed by atoms with E-state index in [0.717, 1.165) is 12.0 Å². The first-order valence-corrected chi connectivity index (χ1v) is 5.43. The van der Waals surface area contributed by atoms with Crippen LogP contribution in [-0.4, -0.2) is 19.8 Å². The molecule has 5 heteroatoms. The van der Waals surface area contributed by atoms with Crippen molar-refractivity contribution in [3.05, 3.63) is 29.8 Å². The molecule has 1 N–H and O–H groups in total. The minimum atomic E-state index is -4.30. The van der Waals surface area contributed by atoms with Crippen LogP contribution in [0.25, 0.3) is 0 Å². The largest absolute Gasteiger partial charge is 0.484 e. The Kier molecular flexibility index (Phi) is 4.81. The number of hydrogen-bond donors (Lipinski definition) is 1. The van der Waals surface area contributed by atoms with Gasteiger partial charge in [-0.15, -0.1) is 0 Å². The van der Waals surface area contributed by atoms with E-state index in [9.17, 15) is 13.2 Å². The van der Waals surface area contributed by atoms with Crippen LogP contribution in [0, 0.1) is 0 Å². The summed E-state index contributed by atoms with van der Waals surface area (Å²) in [5, 5.41) is 3.12. The molecular weight excluding hydrogens is 231 g/mol. The number of halogens is 3. The second kappa shape index (κ2) is 5.91. The Morgan fingerprint density at radius 3 is 2.24 bits per heavy atom. The van der Waals surface area contributed by atoms with Gasteiger partial charge in [0, 0.05) is 6.04 Å². The van der Waals surface area contributed by atoms with Crippen LogP contribution >= 0.6 is 0 Å². The summed E-state index contributed by atoms with van der Waals surface area (Å²) in [4.78, 5) is 0. The Labute approximate surface area is 98.8 Å². The van der Waals surface area contributed by atoms with Gasteiger partial charge in [0.05, 0.1) is 0 Å². The molecule has 0 radical (unpaired) electrons. The van der Waals surface area contributed by atoms with Crippen LogP contribution in [0.1, 0.15) is 24.9 Å². The average Bonchev–Trinajstić information content (AvgIpc) is 2.29. The normalized spacial score (nSPS) is 13.5. The van der Waals surface area contributed by atoms with E-state index >= 15 is 0 Å². The van der Waals surface area contributed by atoms with E-state index in [2.05, 4.69) is 10.1 Å². The SMILES string of the molecule is CCC(NC)c1ccc(OCC(F)(F)F)cc1. The van der Waals surface area contributed by atoms with Crippen molar-refractivity contribution in [2.24, 2.45) is 0 Å². The minimum absolute atomic E-state index is 0.215. The lowest BCUT2D eigenvalue weighted by Crippen LogP contribution is -2.19. The third-order valence-corrected chi connectivity index (χ3v) is 2.44. The summed E-state index contributed by atoms with van der Waals surface area (Å²) in [6.45, 7) is 0.783. The van der Waals surface area contributed by atoms with Crippen LogP contribution in [0.3, 0.4) is 0 Å². The van der Waals surface area contributed by atoms with Gasteiger partial charge in [-0.3, -0.25) is 0 Å². The standard InChI is InChI=1S/C12H16F3NO/c1-3-11(16-2)9-4-6-10(7-5-9)17-8-12(13,14)15/h4-7,11,16H,3,8H2,1-2H3. The van der Waals surface area contributed by atoms with Gasteiger partial charge in [-0.2, -0.15) is 13.2 Å². The molecule has 1 unspecified atom stereocenters. The van der Waals surface area contributed by atoms with Crippen LogP contribution in [0.4, 0.5) is 13.2 Å². The number of rotatable bonds is 5. The van der Waals surface area contributed by atoms with Gasteiger partial charge in [-0.1, -0.05) is 19.1 Å². The molecule has 0 fully saturated rings. The van der Waals surface area contributed by atoms with E-state index in [0.29, 0.717) is 0 Å². The number of ether oxygens (including phenoxy) is 1. The summed E-state index contributed by atoms with van der Waals surface area (Å²) in [6.07, 6.45) is -3.38. The molecule has 0 amide bonds. The van der Waals surface area contributed by atoms with E-state index in [1.165, 1.54) is 0 Å². The van der Waals surface area contributed by atoms with Crippen LogP contribution in [0.2, 0.25) is 0 Å². The summed E-state index contributed by atoms with van der Waals surface area (Å²) in [6, 6.07) is 6.88. The minimum Gasteiger partial charge on any atom is -0.484 e. The summed E-state index contributed by atoms with van der Waals surface area (Å²) >= 11 is 0. The Bertz CT molecular complexity index is 331. The second-order valence-electron chi connectivity index (χ2n) is 3.72. The number of alkyl halides is 3. The van der Waals surface area contributed by atoms with Gasteiger partial charge in [-0.05, 0) is 31.2 Å². The number of hydrogen-bond acceptors (Lipinski definition) is 2. The maximum atomic E-state index is 11.9. The molecule has 2 nitrogen and oxygen atoms in total. The number of benzene rings is 1. The molecule has 1 aromatic carbocycles. The van der Waals surface area contributed by atoms with Crippen molar-refractivity contribution < 1.29 is 17.9 Å². The highest BCUT2D eigenvalue weighted by atomic mass is 19.4. The highest BCUT2D eigenvalue weighted by molar-refractivity contribution is 5.29. The lowest BCUT2D eigenvalue weighted by atomic mass is 10.1. The number of nitrogens with one attached hydrogen (secondary N) is 1. The van der Waals surface area contributed by atoms with E-state index < -0.39 is 12.8 Å². The molecule has 0 bridgehead atoms. The molecule has 96 valence electrons. The zero-order valence-corrected chi connectivity index (χ0v) is 9.84. The van der Waals surface area contributed by atoms with Crippen molar-refractivity contribution in [3.63, 3.8) is 0 Å². The van der Waals surface area contributed by atoms with Gasteiger partial charge < -0.3 is 10.1 Å². The molecule has 0 saturated carbocycles. The third-order valence-electron chi connectivity index (χ3n) is 2.44. The molecule has 0 spiro atoms. The maximum Gasteiger partial charge on any atom is 0.422 e. The van der Waals surface area contributed by atoms with Crippen molar-refractivity contribution in [2.45, 2.75) is 25.6 Å². The molecule has 0 heterocycles. The highest BCUT2D eigenvalue weighted by Crippen LogP contribution is 2.22. The van der Waals surface area contributed by atoms with Crippen molar-refractivity contribution in [3.8, 4) is 5.75 Å². The topological polar surface area (TPSA) is 21.3 Å². The first-order chi connectivity index (χ1) is 7.96. The predicted molar refractivity (Wildman–Crippen MR) is 60.1 cm³/mol. The Balaban J connectivity index is 2.62. The predicted octanol–water partition coefficient (Wildman–Crippen LogP) is 3.30. The summed E-state index contributed by atoms with van der Waals surface area (Å²) in [5.74, 6) is 0.233. The van der Waals surface area contributed by atoms with E-state index in [-0.39, 0.29) is 11.8 Å². The van der Waals surface area contributed by atoms with Crippen LogP contribution in [-0.2, 0) is 0 Å². The molecule has 0 aliphatic carbocycles. The molecule has 0 aromatic heterocycles. The first kappa shape index (κ1) is 13.8. The van der Waals surface area contributed by atoms with Crippen molar-refractivity contribution in [2.75, 3.05) is 13.7 Å². The highest BCUT2D eigenvalue weighted by Gasteiger charge is 2.28. The molecule has 0 aliphatic heterocycles. The Hall–Kier alpha value is -1.23. The van der Waals surface area contributed by atoms with E-state index in [1.807, 2.05) is 14.0 Å². The fourth-order valence-corrected chi connectivity index (χ4v) is 1.57. The fourth-order valence-electron chi connectivity index (χ4n) is 1.57. The molecule has 1 aromatic rings. The van der Waals surface area contributed by atoms with Gasteiger partial charge in [0.25, 0.3) is 0 Å². The lowest BCUT2D eigenvalue weighted by Gasteiger charge is -2.15. The quantitative estimate of drug-likeness (QED) is 0.862. The van der Waals surface area contributed by atoms with Crippen molar-refractivity contribution in [1.82, 2.24) is 5.32 Å². The van der Waals surface area contributed by atoms with Gasteiger partial charge in [0.2, 0.25) is 0 Å². The smallest absolute Gasteiger partial charge is 0.422 e. The average molecular weight is 247 g/mol. The molecule has 0 saturated heterocycles. The van der Waals surface area contributed by atoms with Crippen LogP contribution in [0.5, 0.6) is 5.75 Å². The second-order valence-corrected chi connectivity index (χ2v) is 3.72. The molecule has 17 heavy (non-hydrogen) atoms. The molecule has 1 rings (SSSR count). The zero-order valence-electron chi connectivity index (χ0n) is 9.84. The van der Waals surface area contributed by atoms with E-state index in [4.69, 9.17) is 0 Å². The maximum absolute atomic E-state index is 11.9. The molecule has 1 atom stereocenters. The molecular formula is C12H16F3NO. The van der Waals surface area contributed by atoms with Crippen molar-refractivity contribution >= 4 is 0 Å². The van der Waals surface area contributed by atoms with Gasteiger partial charge in [0.15, 0.2) is 6.61 Å². The lowest BCUT2D eigenvalue weighted by molar-refractivity contribution is -0.153. The monoisotopic (exact) mass is 247 g/mol. The Morgan fingerprint density at radius 1 is 1.24 bits per heavy atom. The summed E-state index contributed by atoms with van der Waals surface area (Å²) in [7, 11) is 1.85. The van der Waals surface area contributed by atoms with Crippen LogP contribution in [0.15, 0.2) is 24.3 Å². The van der Waals surface area contributed by atoms with E-state index in [1.54, 1.807) is 24.3 Å².